The lowest BCUT2D eigenvalue weighted by atomic mass is 10.2. The molecule has 29 heavy (non-hydrogen) atoms. The minimum absolute atomic E-state index is 0.160. The Morgan fingerprint density at radius 3 is 2.28 bits per heavy atom. The molecular weight excluding hydrogens is 390 g/mol. The van der Waals surface area contributed by atoms with Gasteiger partial charge in [0.15, 0.2) is 5.69 Å². The first-order chi connectivity index (χ1) is 14.0. The van der Waals surface area contributed by atoms with Gasteiger partial charge in [-0.1, -0.05) is 23.7 Å². The average molecular weight is 406 g/mol. The SMILES string of the molecule is Cn1c(=O)c(C(=O)Nc2ccc(Oc3ccc(Cl)cc3)cc2)nc2ccccc21. The number of nitrogens with zero attached hydrogens (tertiary/aromatic N) is 2. The zero-order valence-corrected chi connectivity index (χ0v) is 16.2. The quantitative estimate of drug-likeness (QED) is 0.537. The van der Waals surface area contributed by atoms with Gasteiger partial charge in [0.25, 0.3) is 11.5 Å². The fourth-order valence-corrected chi connectivity index (χ4v) is 2.99. The van der Waals surface area contributed by atoms with Gasteiger partial charge < -0.3 is 14.6 Å². The lowest BCUT2D eigenvalue weighted by molar-refractivity contribution is 0.102. The van der Waals surface area contributed by atoms with E-state index < -0.39 is 11.5 Å². The van der Waals surface area contributed by atoms with Gasteiger partial charge >= 0.3 is 0 Å². The van der Waals surface area contributed by atoms with E-state index in [0.29, 0.717) is 33.2 Å². The number of aryl methyl sites for hydroxylation is 1. The van der Waals surface area contributed by atoms with Crippen molar-refractivity contribution in [3.05, 3.63) is 93.9 Å². The van der Waals surface area contributed by atoms with Gasteiger partial charge in [0.1, 0.15) is 11.5 Å². The molecule has 0 aliphatic heterocycles. The molecule has 0 saturated carbocycles. The van der Waals surface area contributed by atoms with Crippen molar-refractivity contribution < 1.29 is 9.53 Å². The summed E-state index contributed by atoms with van der Waals surface area (Å²) in [7, 11) is 1.62. The number of rotatable bonds is 4. The predicted octanol–water partition coefficient (Wildman–Crippen LogP) is 4.63. The summed E-state index contributed by atoms with van der Waals surface area (Å²) in [5.41, 5.74) is 1.15. The number of benzene rings is 3. The molecule has 1 heterocycles. The first kappa shape index (κ1) is 18.7. The number of nitrogens with one attached hydrogen (secondary N) is 1. The summed E-state index contributed by atoms with van der Waals surface area (Å²) >= 11 is 5.86. The molecule has 7 heteroatoms. The van der Waals surface area contributed by atoms with E-state index in [1.165, 1.54) is 4.57 Å². The Bertz CT molecular complexity index is 1250. The van der Waals surface area contributed by atoms with Crippen LogP contribution < -0.4 is 15.6 Å². The molecular formula is C22H16ClN3O3. The van der Waals surface area contributed by atoms with Gasteiger partial charge in [-0.15, -0.1) is 0 Å². The zero-order valence-electron chi connectivity index (χ0n) is 15.4. The van der Waals surface area contributed by atoms with Crippen molar-refractivity contribution in [2.45, 2.75) is 0 Å². The number of carbonyl (C=O) groups is 1. The van der Waals surface area contributed by atoms with Crippen LogP contribution in [0, 0.1) is 0 Å². The van der Waals surface area contributed by atoms with Crippen LogP contribution in [-0.4, -0.2) is 15.5 Å². The van der Waals surface area contributed by atoms with Gasteiger partial charge in [-0.2, -0.15) is 0 Å². The highest BCUT2D eigenvalue weighted by molar-refractivity contribution is 6.30. The zero-order chi connectivity index (χ0) is 20.4. The number of hydrogen-bond donors (Lipinski definition) is 1. The summed E-state index contributed by atoms with van der Waals surface area (Å²) in [5, 5.41) is 3.33. The minimum Gasteiger partial charge on any atom is -0.457 e. The Morgan fingerprint density at radius 1 is 0.966 bits per heavy atom. The third-order valence-electron chi connectivity index (χ3n) is 4.36. The molecule has 0 spiro atoms. The van der Waals surface area contributed by atoms with Crippen molar-refractivity contribution in [1.82, 2.24) is 9.55 Å². The molecule has 144 valence electrons. The number of amides is 1. The van der Waals surface area contributed by atoms with E-state index in [0.717, 1.165) is 0 Å². The number of aromatic nitrogens is 2. The number of ether oxygens (including phenoxy) is 1. The van der Waals surface area contributed by atoms with Gasteiger partial charge in [0.05, 0.1) is 11.0 Å². The van der Waals surface area contributed by atoms with Crippen molar-refractivity contribution in [2.24, 2.45) is 7.05 Å². The standard InChI is InChI=1S/C22H16ClN3O3/c1-26-19-5-3-2-4-18(19)25-20(22(26)28)21(27)24-15-8-12-17(13-9-15)29-16-10-6-14(23)7-11-16/h2-13H,1H3,(H,24,27). The highest BCUT2D eigenvalue weighted by atomic mass is 35.5. The largest absolute Gasteiger partial charge is 0.457 e. The Hall–Kier alpha value is -3.64. The predicted molar refractivity (Wildman–Crippen MR) is 113 cm³/mol. The van der Waals surface area contributed by atoms with Gasteiger partial charge in [0.2, 0.25) is 0 Å². The molecule has 0 unspecified atom stereocenters. The number of anilines is 1. The van der Waals surface area contributed by atoms with E-state index in [9.17, 15) is 9.59 Å². The molecule has 0 aliphatic rings. The van der Waals surface area contributed by atoms with Crippen molar-refractivity contribution in [3.8, 4) is 11.5 Å². The molecule has 1 amide bonds. The minimum atomic E-state index is -0.567. The van der Waals surface area contributed by atoms with Crippen LogP contribution >= 0.6 is 11.6 Å². The number of halogens is 1. The van der Waals surface area contributed by atoms with Crippen LogP contribution in [-0.2, 0) is 7.05 Å². The van der Waals surface area contributed by atoms with Gasteiger partial charge in [-0.3, -0.25) is 9.59 Å². The molecule has 1 aromatic heterocycles. The number of hydrogen-bond acceptors (Lipinski definition) is 4. The van der Waals surface area contributed by atoms with Crippen LogP contribution in [0.15, 0.2) is 77.6 Å². The average Bonchev–Trinajstić information content (AvgIpc) is 2.73. The van der Waals surface area contributed by atoms with Crippen molar-refractivity contribution in [3.63, 3.8) is 0 Å². The number of fused-ring (bicyclic) bond motifs is 1. The van der Waals surface area contributed by atoms with E-state index in [1.54, 1.807) is 73.8 Å². The van der Waals surface area contributed by atoms with Crippen molar-refractivity contribution in [2.75, 3.05) is 5.32 Å². The molecule has 0 radical (unpaired) electrons. The summed E-state index contributed by atoms with van der Waals surface area (Å²) in [6.45, 7) is 0. The summed E-state index contributed by atoms with van der Waals surface area (Å²) in [6.07, 6.45) is 0. The number of para-hydroxylation sites is 2. The molecule has 1 N–H and O–H groups in total. The molecule has 0 fully saturated rings. The third-order valence-corrected chi connectivity index (χ3v) is 4.61. The normalized spacial score (nSPS) is 10.7. The van der Waals surface area contributed by atoms with Crippen LogP contribution in [0.2, 0.25) is 5.02 Å². The Balaban J connectivity index is 1.53. The molecule has 0 aliphatic carbocycles. The first-order valence-corrected chi connectivity index (χ1v) is 9.20. The molecule has 0 atom stereocenters. The molecule has 0 bridgehead atoms. The maximum Gasteiger partial charge on any atom is 0.282 e. The molecule has 4 rings (SSSR count). The highest BCUT2D eigenvalue weighted by Crippen LogP contribution is 2.24. The molecule has 4 aromatic rings. The smallest absolute Gasteiger partial charge is 0.282 e. The summed E-state index contributed by atoms with van der Waals surface area (Å²) in [6, 6.07) is 21.0. The van der Waals surface area contributed by atoms with E-state index in [2.05, 4.69) is 10.3 Å². The maximum absolute atomic E-state index is 12.6. The van der Waals surface area contributed by atoms with Crippen LogP contribution in [0.5, 0.6) is 11.5 Å². The lowest BCUT2D eigenvalue weighted by Gasteiger charge is -2.09. The summed E-state index contributed by atoms with van der Waals surface area (Å²) < 4.78 is 7.14. The van der Waals surface area contributed by atoms with Crippen LogP contribution in [0.4, 0.5) is 5.69 Å². The highest BCUT2D eigenvalue weighted by Gasteiger charge is 2.16. The lowest BCUT2D eigenvalue weighted by Crippen LogP contribution is -2.29. The number of carbonyl (C=O) groups excluding carboxylic acids is 1. The second-order valence-electron chi connectivity index (χ2n) is 6.35. The van der Waals surface area contributed by atoms with Crippen LogP contribution in [0.1, 0.15) is 10.5 Å². The van der Waals surface area contributed by atoms with Gasteiger partial charge in [0, 0.05) is 17.8 Å². The van der Waals surface area contributed by atoms with Crippen molar-refractivity contribution >= 4 is 34.2 Å². The van der Waals surface area contributed by atoms with E-state index in [-0.39, 0.29) is 5.69 Å². The Labute approximate surface area is 171 Å². The fraction of sp³-hybridized carbons (Fsp3) is 0.0455. The molecule has 6 nitrogen and oxygen atoms in total. The van der Waals surface area contributed by atoms with E-state index in [1.807, 2.05) is 6.07 Å². The van der Waals surface area contributed by atoms with E-state index >= 15 is 0 Å². The third kappa shape index (κ3) is 3.97. The second kappa shape index (κ2) is 7.77. The maximum atomic E-state index is 12.6. The van der Waals surface area contributed by atoms with Crippen molar-refractivity contribution in [1.29, 1.82) is 0 Å². The monoisotopic (exact) mass is 405 g/mol. The second-order valence-corrected chi connectivity index (χ2v) is 6.78. The first-order valence-electron chi connectivity index (χ1n) is 8.82. The van der Waals surface area contributed by atoms with Gasteiger partial charge in [-0.05, 0) is 60.7 Å². The molecule has 0 saturated heterocycles. The summed E-state index contributed by atoms with van der Waals surface area (Å²) in [4.78, 5) is 29.3. The van der Waals surface area contributed by atoms with E-state index in [4.69, 9.17) is 16.3 Å². The Kier molecular flexibility index (Phi) is 5.01. The van der Waals surface area contributed by atoms with Gasteiger partial charge in [-0.25, -0.2) is 4.98 Å². The molecule has 3 aromatic carbocycles. The van der Waals surface area contributed by atoms with Crippen LogP contribution in [0.3, 0.4) is 0 Å². The fourth-order valence-electron chi connectivity index (χ4n) is 2.86. The topological polar surface area (TPSA) is 73.2 Å². The summed E-state index contributed by atoms with van der Waals surface area (Å²) in [5.74, 6) is 0.683. The Morgan fingerprint density at radius 2 is 1.59 bits per heavy atom. The van der Waals surface area contributed by atoms with Crippen LogP contribution in [0.25, 0.3) is 11.0 Å².